The van der Waals surface area contributed by atoms with Gasteiger partial charge in [-0.05, 0) is 50.5 Å². The number of piperidine rings is 1. The van der Waals surface area contributed by atoms with Crippen molar-refractivity contribution < 1.29 is 0 Å². The van der Waals surface area contributed by atoms with Crippen molar-refractivity contribution in [2.75, 3.05) is 26.7 Å². The van der Waals surface area contributed by atoms with Gasteiger partial charge in [-0.25, -0.2) is 0 Å². The standard InChI is InChI=1S/C17H23N3/c1-18-11-14-5-4-10-20(12-14)13-16-7-2-6-15-8-3-9-19-17(15)16/h2-3,6-9,14,18H,4-5,10-13H2,1H3. The molecule has 0 spiro atoms. The first-order chi connectivity index (χ1) is 9.86. The number of nitrogens with zero attached hydrogens (tertiary/aromatic N) is 2. The minimum absolute atomic E-state index is 0.789. The average Bonchev–Trinajstić information content (AvgIpc) is 2.48. The number of benzene rings is 1. The first kappa shape index (κ1) is 13.5. The molecule has 2 aromatic rings. The number of hydrogen-bond acceptors (Lipinski definition) is 3. The van der Waals surface area contributed by atoms with E-state index in [0.29, 0.717) is 0 Å². The van der Waals surface area contributed by atoms with Crippen LogP contribution in [0.4, 0.5) is 0 Å². The van der Waals surface area contributed by atoms with E-state index in [1.165, 1.54) is 36.9 Å². The molecule has 0 bridgehead atoms. The molecule has 0 aliphatic carbocycles. The number of hydrogen-bond donors (Lipinski definition) is 1. The van der Waals surface area contributed by atoms with Crippen LogP contribution < -0.4 is 5.32 Å². The van der Waals surface area contributed by atoms with Crippen molar-refractivity contribution in [2.45, 2.75) is 19.4 Å². The molecule has 1 aliphatic heterocycles. The van der Waals surface area contributed by atoms with Crippen LogP contribution in [0.5, 0.6) is 0 Å². The number of likely N-dealkylation sites (tertiary alicyclic amines) is 1. The Morgan fingerprint density at radius 2 is 2.20 bits per heavy atom. The lowest BCUT2D eigenvalue weighted by Gasteiger charge is -2.32. The molecule has 1 aromatic carbocycles. The molecule has 1 fully saturated rings. The normalized spacial score (nSPS) is 20.4. The van der Waals surface area contributed by atoms with Crippen LogP contribution >= 0.6 is 0 Å². The Kier molecular flexibility index (Phi) is 4.28. The Morgan fingerprint density at radius 3 is 3.10 bits per heavy atom. The van der Waals surface area contributed by atoms with E-state index >= 15 is 0 Å². The molecule has 0 amide bonds. The topological polar surface area (TPSA) is 28.2 Å². The van der Waals surface area contributed by atoms with Crippen molar-refractivity contribution in [1.29, 1.82) is 0 Å². The fourth-order valence-electron chi connectivity index (χ4n) is 3.29. The van der Waals surface area contributed by atoms with E-state index in [0.717, 1.165) is 24.5 Å². The first-order valence-corrected chi connectivity index (χ1v) is 7.56. The molecule has 1 aromatic heterocycles. The van der Waals surface area contributed by atoms with Gasteiger partial charge >= 0.3 is 0 Å². The fourth-order valence-corrected chi connectivity index (χ4v) is 3.29. The highest BCUT2D eigenvalue weighted by Crippen LogP contribution is 2.21. The Bertz CT molecular complexity index is 560. The molecule has 0 radical (unpaired) electrons. The average molecular weight is 269 g/mol. The molecule has 3 rings (SSSR count). The first-order valence-electron chi connectivity index (χ1n) is 7.56. The fraction of sp³-hybridized carbons (Fsp3) is 0.471. The van der Waals surface area contributed by atoms with E-state index in [-0.39, 0.29) is 0 Å². The van der Waals surface area contributed by atoms with Gasteiger partial charge in [0.2, 0.25) is 0 Å². The van der Waals surface area contributed by atoms with E-state index in [2.05, 4.69) is 39.5 Å². The van der Waals surface area contributed by atoms with Gasteiger partial charge in [0.1, 0.15) is 0 Å². The third-order valence-electron chi connectivity index (χ3n) is 4.21. The number of pyridine rings is 1. The van der Waals surface area contributed by atoms with Crippen LogP contribution in [0, 0.1) is 5.92 Å². The largest absolute Gasteiger partial charge is 0.319 e. The Balaban J connectivity index is 1.76. The highest BCUT2D eigenvalue weighted by atomic mass is 15.1. The summed E-state index contributed by atoms with van der Waals surface area (Å²) in [5.74, 6) is 0.789. The predicted octanol–water partition coefficient (Wildman–Crippen LogP) is 2.67. The molecule has 1 unspecified atom stereocenters. The van der Waals surface area contributed by atoms with Crippen molar-refractivity contribution >= 4 is 10.9 Å². The van der Waals surface area contributed by atoms with Gasteiger partial charge < -0.3 is 5.32 Å². The minimum atomic E-state index is 0.789. The van der Waals surface area contributed by atoms with Crippen LogP contribution in [-0.2, 0) is 6.54 Å². The Hall–Kier alpha value is -1.45. The molecule has 1 atom stereocenters. The number of fused-ring (bicyclic) bond motifs is 1. The summed E-state index contributed by atoms with van der Waals surface area (Å²) in [5.41, 5.74) is 2.51. The molecule has 2 heterocycles. The molecule has 20 heavy (non-hydrogen) atoms. The third kappa shape index (κ3) is 3.00. The van der Waals surface area contributed by atoms with E-state index in [4.69, 9.17) is 0 Å². The minimum Gasteiger partial charge on any atom is -0.319 e. The van der Waals surface area contributed by atoms with Gasteiger partial charge in [0.15, 0.2) is 0 Å². The summed E-state index contributed by atoms with van der Waals surface area (Å²) < 4.78 is 0. The summed E-state index contributed by atoms with van der Waals surface area (Å²) in [5, 5.41) is 4.56. The van der Waals surface area contributed by atoms with E-state index in [1.54, 1.807) is 0 Å². The molecule has 1 N–H and O–H groups in total. The molecule has 3 nitrogen and oxygen atoms in total. The lowest BCUT2D eigenvalue weighted by Crippen LogP contribution is -2.38. The molecule has 1 aliphatic rings. The van der Waals surface area contributed by atoms with Gasteiger partial charge in [-0.15, -0.1) is 0 Å². The lowest BCUT2D eigenvalue weighted by atomic mass is 9.97. The zero-order valence-electron chi connectivity index (χ0n) is 12.2. The Morgan fingerprint density at radius 1 is 1.30 bits per heavy atom. The van der Waals surface area contributed by atoms with Crippen LogP contribution in [0.15, 0.2) is 36.5 Å². The second-order valence-corrected chi connectivity index (χ2v) is 5.79. The number of para-hydroxylation sites is 1. The van der Waals surface area contributed by atoms with Crippen molar-refractivity contribution in [3.63, 3.8) is 0 Å². The lowest BCUT2D eigenvalue weighted by molar-refractivity contribution is 0.167. The zero-order chi connectivity index (χ0) is 13.8. The monoisotopic (exact) mass is 269 g/mol. The smallest absolute Gasteiger partial charge is 0.0746 e. The van der Waals surface area contributed by atoms with Crippen molar-refractivity contribution in [2.24, 2.45) is 5.92 Å². The molecule has 0 saturated carbocycles. The second kappa shape index (κ2) is 6.33. The number of nitrogens with one attached hydrogen (secondary N) is 1. The third-order valence-corrected chi connectivity index (χ3v) is 4.21. The quantitative estimate of drug-likeness (QED) is 0.925. The van der Waals surface area contributed by atoms with Gasteiger partial charge in [-0.1, -0.05) is 24.3 Å². The van der Waals surface area contributed by atoms with E-state index in [1.807, 2.05) is 19.3 Å². The van der Waals surface area contributed by atoms with Crippen molar-refractivity contribution in [1.82, 2.24) is 15.2 Å². The van der Waals surface area contributed by atoms with Crippen molar-refractivity contribution in [3.8, 4) is 0 Å². The summed E-state index contributed by atoms with van der Waals surface area (Å²) in [6, 6.07) is 10.7. The summed E-state index contributed by atoms with van der Waals surface area (Å²) in [7, 11) is 2.05. The van der Waals surface area contributed by atoms with Crippen LogP contribution in [0.1, 0.15) is 18.4 Å². The number of rotatable bonds is 4. The number of aromatic nitrogens is 1. The molecular weight excluding hydrogens is 246 g/mol. The molecule has 1 saturated heterocycles. The van der Waals surface area contributed by atoms with Gasteiger partial charge in [0.05, 0.1) is 5.52 Å². The van der Waals surface area contributed by atoms with E-state index < -0.39 is 0 Å². The van der Waals surface area contributed by atoms with Gasteiger partial charge in [0.25, 0.3) is 0 Å². The molecule has 3 heteroatoms. The zero-order valence-corrected chi connectivity index (χ0v) is 12.2. The maximum atomic E-state index is 4.56. The van der Waals surface area contributed by atoms with Crippen LogP contribution in [0.2, 0.25) is 0 Å². The molecular formula is C17H23N3. The van der Waals surface area contributed by atoms with Crippen LogP contribution in [0.3, 0.4) is 0 Å². The SMILES string of the molecule is CNCC1CCCN(Cc2cccc3cccnc23)C1. The summed E-state index contributed by atoms with van der Waals surface area (Å²) >= 11 is 0. The summed E-state index contributed by atoms with van der Waals surface area (Å²) in [6.45, 7) is 4.56. The second-order valence-electron chi connectivity index (χ2n) is 5.79. The maximum absolute atomic E-state index is 4.56. The van der Waals surface area contributed by atoms with E-state index in [9.17, 15) is 0 Å². The maximum Gasteiger partial charge on any atom is 0.0746 e. The Labute approximate surface area is 121 Å². The van der Waals surface area contributed by atoms with Crippen molar-refractivity contribution in [3.05, 3.63) is 42.1 Å². The highest BCUT2D eigenvalue weighted by molar-refractivity contribution is 5.81. The van der Waals surface area contributed by atoms with Gasteiger partial charge in [-0.2, -0.15) is 0 Å². The summed E-state index contributed by atoms with van der Waals surface area (Å²) in [4.78, 5) is 7.14. The molecule has 106 valence electrons. The predicted molar refractivity (Wildman–Crippen MR) is 83.7 cm³/mol. The highest BCUT2D eigenvalue weighted by Gasteiger charge is 2.19. The summed E-state index contributed by atoms with van der Waals surface area (Å²) in [6.07, 6.45) is 4.56. The van der Waals surface area contributed by atoms with Crippen LogP contribution in [-0.4, -0.2) is 36.6 Å². The van der Waals surface area contributed by atoms with Gasteiger partial charge in [0, 0.05) is 24.7 Å². The van der Waals surface area contributed by atoms with Gasteiger partial charge in [-0.3, -0.25) is 9.88 Å². The van der Waals surface area contributed by atoms with Crippen LogP contribution in [0.25, 0.3) is 10.9 Å².